The summed E-state index contributed by atoms with van der Waals surface area (Å²) in [5.41, 5.74) is 1.32. The molecule has 0 aliphatic heterocycles. The highest BCUT2D eigenvalue weighted by atomic mass is 16.3. The van der Waals surface area contributed by atoms with Crippen LogP contribution in [0.15, 0.2) is 30.3 Å². The third-order valence-corrected chi connectivity index (χ3v) is 4.69. The first kappa shape index (κ1) is 13.6. The maximum atomic E-state index is 9.89. The Hall–Kier alpha value is -0.860. The molecule has 2 rings (SSSR count). The lowest BCUT2D eigenvalue weighted by Crippen LogP contribution is -2.60. The molecule has 1 aromatic carbocycles. The largest absolute Gasteiger partial charge is 0.394 e. The lowest BCUT2D eigenvalue weighted by molar-refractivity contribution is 0.00934. The number of nitrogens with one attached hydrogen (secondary N) is 1. The summed E-state index contributed by atoms with van der Waals surface area (Å²) < 4.78 is 0. The fraction of sp³-hybridized carbons (Fsp3) is 0.625. The summed E-state index contributed by atoms with van der Waals surface area (Å²) >= 11 is 0. The summed E-state index contributed by atoms with van der Waals surface area (Å²) in [6, 6.07) is 10.4. The van der Waals surface area contributed by atoms with E-state index in [9.17, 15) is 5.11 Å². The molecule has 1 unspecified atom stereocenters. The van der Waals surface area contributed by atoms with E-state index in [-0.39, 0.29) is 17.6 Å². The average molecular weight is 247 g/mol. The van der Waals surface area contributed by atoms with Crippen LogP contribution in [0, 0.1) is 5.41 Å². The standard InChI is InChI=1S/C16H25NO/c1-15(2)10-6-7-11-16(15,13-18)17-12-14-8-4-3-5-9-14/h3-5,8-9,17-18H,6-7,10-13H2,1-2H3. The van der Waals surface area contributed by atoms with Gasteiger partial charge in [-0.15, -0.1) is 0 Å². The third kappa shape index (κ3) is 2.60. The first-order chi connectivity index (χ1) is 8.60. The lowest BCUT2D eigenvalue weighted by Gasteiger charge is -2.50. The van der Waals surface area contributed by atoms with E-state index < -0.39 is 0 Å². The molecule has 0 aromatic heterocycles. The second kappa shape index (κ2) is 5.41. The van der Waals surface area contributed by atoms with Gasteiger partial charge in [0.25, 0.3) is 0 Å². The summed E-state index contributed by atoms with van der Waals surface area (Å²) in [5, 5.41) is 13.5. The molecule has 1 aliphatic carbocycles. The van der Waals surface area contributed by atoms with Crippen LogP contribution in [0.4, 0.5) is 0 Å². The van der Waals surface area contributed by atoms with Crippen LogP contribution in [-0.2, 0) is 6.54 Å². The van der Waals surface area contributed by atoms with Crippen molar-refractivity contribution < 1.29 is 5.11 Å². The van der Waals surface area contributed by atoms with E-state index in [2.05, 4.69) is 43.4 Å². The summed E-state index contributed by atoms with van der Waals surface area (Å²) in [7, 11) is 0. The molecule has 18 heavy (non-hydrogen) atoms. The van der Waals surface area contributed by atoms with Gasteiger partial charge in [-0.2, -0.15) is 0 Å². The molecular formula is C16H25NO. The van der Waals surface area contributed by atoms with Crippen molar-refractivity contribution in [2.24, 2.45) is 5.41 Å². The normalized spacial score (nSPS) is 27.1. The molecule has 1 saturated carbocycles. The van der Waals surface area contributed by atoms with Gasteiger partial charge in [-0.1, -0.05) is 57.0 Å². The van der Waals surface area contributed by atoms with Gasteiger partial charge < -0.3 is 10.4 Å². The Bertz CT molecular complexity index is 374. The molecule has 1 atom stereocenters. The Balaban J connectivity index is 2.08. The van der Waals surface area contributed by atoms with Crippen LogP contribution < -0.4 is 5.32 Å². The van der Waals surface area contributed by atoms with Gasteiger partial charge in [-0.25, -0.2) is 0 Å². The van der Waals surface area contributed by atoms with Crippen molar-refractivity contribution in [2.45, 2.75) is 51.6 Å². The van der Waals surface area contributed by atoms with Crippen LogP contribution in [0.25, 0.3) is 0 Å². The highest BCUT2D eigenvalue weighted by molar-refractivity contribution is 5.15. The Morgan fingerprint density at radius 2 is 1.78 bits per heavy atom. The first-order valence-electron chi connectivity index (χ1n) is 6.99. The van der Waals surface area contributed by atoms with E-state index in [0.29, 0.717) is 0 Å². The van der Waals surface area contributed by atoms with E-state index in [1.54, 1.807) is 0 Å². The van der Waals surface area contributed by atoms with Crippen LogP contribution in [0.3, 0.4) is 0 Å². The van der Waals surface area contributed by atoms with E-state index in [0.717, 1.165) is 13.0 Å². The van der Waals surface area contributed by atoms with Crippen LogP contribution in [-0.4, -0.2) is 17.3 Å². The zero-order valence-corrected chi connectivity index (χ0v) is 11.6. The number of benzene rings is 1. The molecule has 2 N–H and O–H groups in total. The Morgan fingerprint density at radius 1 is 1.11 bits per heavy atom. The van der Waals surface area contributed by atoms with E-state index >= 15 is 0 Å². The minimum atomic E-state index is -0.124. The lowest BCUT2D eigenvalue weighted by atomic mass is 9.63. The van der Waals surface area contributed by atoms with E-state index in [1.165, 1.54) is 24.8 Å². The molecule has 0 spiro atoms. The second-order valence-electron chi connectivity index (χ2n) is 6.17. The van der Waals surface area contributed by atoms with Crippen LogP contribution in [0.2, 0.25) is 0 Å². The van der Waals surface area contributed by atoms with Gasteiger partial charge >= 0.3 is 0 Å². The Kier molecular flexibility index (Phi) is 4.08. The molecule has 0 radical (unpaired) electrons. The van der Waals surface area contributed by atoms with Crippen molar-refractivity contribution in [3.05, 3.63) is 35.9 Å². The predicted octanol–water partition coefficient (Wildman–Crippen LogP) is 3.11. The van der Waals surface area contributed by atoms with Gasteiger partial charge in [0.1, 0.15) is 0 Å². The minimum absolute atomic E-state index is 0.124. The summed E-state index contributed by atoms with van der Waals surface area (Å²) in [5.74, 6) is 0. The molecule has 1 aromatic rings. The summed E-state index contributed by atoms with van der Waals surface area (Å²) in [4.78, 5) is 0. The van der Waals surface area contributed by atoms with Crippen molar-refractivity contribution in [1.29, 1.82) is 0 Å². The van der Waals surface area contributed by atoms with Gasteiger partial charge in [-0.05, 0) is 23.8 Å². The van der Waals surface area contributed by atoms with Gasteiger partial charge in [0.05, 0.1) is 6.61 Å². The molecule has 0 heterocycles. The Labute approximate surface area is 110 Å². The predicted molar refractivity (Wildman–Crippen MR) is 75.3 cm³/mol. The topological polar surface area (TPSA) is 32.3 Å². The first-order valence-corrected chi connectivity index (χ1v) is 6.99. The van der Waals surface area contributed by atoms with Crippen molar-refractivity contribution >= 4 is 0 Å². The third-order valence-electron chi connectivity index (χ3n) is 4.69. The quantitative estimate of drug-likeness (QED) is 0.857. The summed E-state index contributed by atoms with van der Waals surface area (Å²) in [6.07, 6.45) is 4.76. The molecule has 1 aliphatic rings. The van der Waals surface area contributed by atoms with Gasteiger partial charge in [0.15, 0.2) is 0 Å². The SMILES string of the molecule is CC1(C)CCCCC1(CO)NCc1ccccc1. The maximum absolute atomic E-state index is 9.89. The second-order valence-corrected chi connectivity index (χ2v) is 6.17. The molecule has 1 fully saturated rings. The smallest absolute Gasteiger partial charge is 0.0618 e. The van der Waals surface area contributed by atoms with E-state index in [1.807, 2.05) is 6.07 Å². The maximum Gasteiger partial charge on any atom is 0.0618 e. The fourth-order valence-electron chi connectivity index (χ4n) is 3.12. The zero-order chi connectivity index (χ0) is 13.1. The fourth-order valence-corrected chi connectivity index (χ4v) is 3.12. The average Bonchev–Trinajstić information content (AvgIpc) is 2.39. The van der Waals surface area contributed by atoms with Crippen molar-refractivity contribution in [3.63, 3.8) is 0 Å². The number of hydrogen-bond acceptors (Lipinski definition) is 2. The van der Waals surface area contributed by atoms with Crippen LogP contribution in [0.5, 0.6) is 0 Å². The number of aliphatic hydroxyl groups is 1. The van der Waals surface area contributed by atoms with Crippen molar-refractivity contribution in [2.75, 3.05) is 6.61 Å². The summed E-state index contributed by atoms with van der Waals surface area (Å²) in [6.45, 7) is 5.62. The number of aliphatic hydroxyl groups excluding tert-OH is 1. The monoisotopic (exact) mass is 247 g/mol. The molecule has 2 heteroatoms. The Morgan fingerprint density at radius 3 is 2.39 bits per heavy atom. The van der Waals surface area contributed by atoms with E-state index in [4.69, 9.17) is 0 Å². The number of rotatable bonds is 4. The van der Waals surface area contributed by atoms with Gasteiger partial charge in [0.2, 0.25) is 0 Å². The zero-order valence-electron chi connectivity index (χ0n) is 11.6. The van der Waals surface area contributed by atoms with Crippen LogP contribution >= 0.6 is 0 Å². The minimum Gasteiger partial charge on any atom is -0.394 e. The van der Waals surface area contributed by atoms with Gasteiger partial charge in [-0.3, -0.25) is 0 Å². The van der Waals surface area contributed by atoms with Crippen molar-refractivity contribution in [1.82, 2.24) is 5.32 Å². The molecule has 100 valence electrons. The molecule has 2 nitrogen and oxygen atoms in total. The molecule has 0 bridgehead atoms. The highest BCUT2D eigenvalue weighted by Crippen LogP contribution is 2.43. The molecule has 0 amide bonds. The van der Waals surface area contributed by atoms with Gasteiger partial charge in [0, 0.05) is 12.1 Å². The van der Waals surface area contributed by atoms with Crippen LogP contribution in [0.1, 0.15) is 45.1 Å². The molecular weight excluding hydrogens is 222 g/mol. The molecule has 0 saturated heterocycles. The van der Waals surface area contributed by atoms with Crippen molar-refractivity contribution in [3.8, 4) is 0 Å². The highest BCUT2D eigenvalue weighted by Gasteiger charge is 2.45. The number of hydrogen-bond donors (Lipinski definition) is 2.